The van der Waals surface area contributed by atoms with E-state index in [4.69, 9.17) is 37.9 Å². The minimum absolute atomic E-state index is 0.0417. The number of hydrogen-bond acceptors (Lipinski definition) is 10. The lowest BCUT2D eigenvalue weighted by Crippen LogP contribution is -2.44. The van der Waals surface area contributed by atoms with Gasteiger partial charge in [0, 0.05) is 12.0 Å². The largest absolute Gasteiger partial charge is 0.493 e. The molecule has 0 saturated carbocycles. The Labute approximate surface area is 221 Å². The highest BCUT2D eigenvalue weighted by Crippen LogP contribution is 2.40. The van der Waals surface area contributed by atoms with E-state index in [9.17, 15) is 15.0 Å². The second-order valence-electron chi connectivity index (χ2n) is 8.39. The van der Waals surface area contributed by atoms with Crippen molar-refractivity contribution < 1.29 is 52.9 Å². The van der Waals surface area contributed by atoms with E-state index in [0.29, 0.717) is 45.6 Å². The molecule has 3 rings (SSSR count). The zero-order valence-electron chi connectivity index (χ0n) is 22.3. The number of carboxylic acid groups (broad SMARTS) is 1. The van der Waals surface area contributed by atoms with Crippen molar-refractivity contribution in [2.75, 3.05) is 42.7 Å². The summed E-state index contributed by atoms with van der Waals surface area (Å²) in [5, 5.41) is 20.4. The topological polar surface area (TPSA) is 131 Å². The second-order valence-corrected chi connectivity index (χ2v) is 8.39. The van der Waals surface area contributed by atoms with Gasteiger partial charge >= 0.3 is 5.97 Å². The molecule has 0 radical (unpaired) electrons. The maximum absolute atomic E-state index is 11.7. The summed E-state index contributed by atoms with van der Waals surface area (Å²) in [6.07, 6.45) is -1.44. The van der Waals surface area contributed by atoms with Gasteiger partial charge in [-0.05, 0) is 41.5 Å². The number of ether oxygens (including phenoxy) is 8. The molecule has 3 atom stereocenters. The van der Waals surface area contributed by atoms with Gasteiger partial charge in [-0.25, -0.2) is 4.79 Å². The van der Waals surface area contributed by atoms with Crippen LogP contribution in [0.25, 0.3) is 0 Å². The summed E-state index contributed by atoms with van der Waals surface area (Å²) < 4.78 is 44.4. The Balaban J connectivity index is 1.84. The Morgan fingerprint density at radius 1 is 0.737 bits per heavy atom. The quantitative estimate of drug-likeness (QED) is 0.393. The molecule has 0 saturated heterocycles. The standard InChI is InChI=1S/C27H34O11/c1-31-19-7-15(8-20(32-2)25(19)35-5)13-37-23-12-17(27(29)30)11-18(28)24(23)38-14-16-9-21(33-3)26(36-6)22(10-16)34-4/h7-10,12,18,23-24,28H,11,13-14H2,1-6H3,(H,29,30)/t18-,23-,24+/m1/s1. The van der Waals surface area contributed by atoms with Gasteiger partial charge in [0.1, 0.15) is 12.2 Å². The number of carboxylic acids is 1. The van der Waals surface area contributed by atoms with Gasteiger partial charge in [-0.2, -0.15) is 0 Å². The van der Waals surface area contributed by atoms with E-state index in [2.05, 4.69) is 0 Å². The Bertz CT molecular complexity index is 1090. The van der Waals surface area contributed by atoms with Gasteiger partial charge in [0.15, 0.2) is 23.0 Å². The van der Waals surface area contributed by atoms with E-state index in [-0.39, 0.29) is 25.2 Å². The fourth-order valence-electron chi connectivity index (χ4n) is 4.25. The summed E-state index contributed by atoms with van der Waals surface area (Å²) in [7, 11) is 9.06. The first kappa shape index (κ1) is 28.9. The number of benzene rings is 2. The van der Waals surface area contributed by atoms with Crippen molar-refractivity contribution in [3.05, 3.63) is 47.0 Å². The first-order valence-corrected chi connectivity index (χ1v) is 11.7. The highest BCUT2D eigenvalue weighted by atomic mass is 16.6. The van der Waals surface area contributed by atoms with Crippen LogP contribution in [0.15, 0.2) is 35.9 Å². The van der Waals surface area contributed by atoms with Crippen molar-refractivity contribution >= 4 is 5.97 Å². The van der Waals surface area contributed by atoms with E-state index >= 15 is 0 Å². The molecule has 208 valence electrons. The molecule has 0 fully saturated rings. The Hall–Kier alpha value is -3.67. The molecule has 0 heterocycles. The molecule has 11 heteroatoms. The Kier molecular flexibility index (Phi) is 10.1. The Morgan fingerprint density at radius 2 is 1.16 bits per heavy atom. The Morgan fingerprint density at radius 3 is 1.53 bits per heavy atom. The molecule has 2 aromatic rings. The summed E-state index contributed by atoms with van der Waals surface area (Å²) in [6.45, 7) is 0.125. The van der Waals surface area contributed by atoms with Gasteiger partial charge in [0.05, 0.1) is 62.0 Å². The summed E-state index contributed by atoms with van der Waals surface area (Å²) in [5.74, 6) is 1.56. The van der Waals surface area contributed by atoms with Gasteiger partial charge in [-0.1, -0.05) is 0 Å². The number of carbonyl (C=O) groups is 1. The third kappa shape index (κ3) is 6.42. The molecule has 1 aliphatic rings. The summed E-state index contributed by atoms with van der Waals surface area (Å²) in [5.41, 5.74) is 1.43. The third-order valence-electron chi connectivity index (χ3n) is 6.11. The first-order chi connectivity index (χ1) is 18.3. The maximum Gasteiger partial charge on any atom is 0.331 e. The van der Waals surface area contributed by atoms with Crippen molar-refractivity contribution in [2.45, 2.75) is 37.9 Å². The lowest BCUT2D eigenvalue weighted by atomic mass is 9.92. The third-order valence-corrected chi connectivity index (χ3v) is 6.11. The molecule has 0 spiro atoms. The molecule has 2 aromatic carbocycles. The predicted octanol–water partition coefficient (Wildman–Crippen LogP) is 2.98. The van der Waals surface area contributed by atoms with Crippen molar-refractivity contribution in [2.24, 2.45) is 0 Å². The van der Waals surface area contributed by atoms with Crippen LogP contribution in [0.3, 0.4) is 0 Å². The first-order valence-electron chi connectivity index (χ1n) is 11.7. The number of aliphatic hydroxyl groups is 1. The van der Waals surface area contributed by atoms with Crippen LogP contribution in [-0.4, -0.2) is 77.2 Å². The molecular weight excluding hydrogens is 500 g/mol. The minimum Gasteiger partial charge on any atom is -0.493 e. The molecule has 0 aromatic heterocycles. The monoisotopic (exact) mass is 534 g/mol. The molecule has 0 aliphatic heterocycles. The predicted molar refractivity (Wildman–Crippen MR) is 136 cm³/mol. The summed E-state index contributed by atoms with van der Waals surface area (Å²) in [4.78, 5) is 11.7. The fraction of sp³-hybridized carbons (Fsp3) is 0.444. The van der Waals surface area contributed by atoms with E-state index in [0.717, 1.165) is 0 Å². The SMILES string of the molecule is COc1cc(CO[C@H]2[C@H](O)CC(C(=O)O)=C[C@H]2OCc2cc(OC)c(OC)c(OC)c2)cc(OC)c1OC. The number of aliphatic carboxylic acids is 1. The zero-order chi connectivity index (χ0) is 27.8. The van der Waals surface area contributed by atoms with E-state index in [1.807, 2.05) is 0 Å². The van der Waals surface area contributed by atoms with E-state index in [1.165, 1.54) is 48.7 Å². The van der Waals surface area contributed by atoms with Crippen LogP contribution in [0.1, 0.15) is 17.5 Å². The number of aliphatic hydroxyl groups excluding tert-OH is 1. The van der Waals surface area contributed by atoms with Crippen molar-refractivity contribution in [3.63, 3.8) is 0 Å². The fourth-order valence-corrected chi connectivity index (χ4v) is 4.25. The molecular formula is C27H34O11. The number of hydrogen-bond donors (Lipinski definition) is 2. The smallest absolute Gasteiger partial charge is 0.331 e. The van der Waals surface area contributed by atoms with Crippen molar-refractivity contribution in [3.8, 4) is 34.5 Å². The second kappa shape index (κ2) is 13.2. The highest BCUT2D eigenvalue weighted by molar-refractivity contribution is 5.87. The number of rotatable bonds is 13. The lowest BCUT2D eigenvalue weighted by molar-refractivity contribution is -0.138. The average Bonchev–Trinajstić information content (AvgIpc) is 2.93. The van der Waals surface area contributed by atoms with Crippen molar-refractivity contribution in [1.29, 1.82) is 0 Å². The average molecular weight is 535 g/mol. The molecule has 0 bridgehead atoms. The number of methoxy groups -OCH3 is 6. The van der Waals surface area contributed by atoms with Crippen LogP contribution in [-0.2, 0) is 27.5 Å². The van der Waals surface area contributed by atoms with Gasteiger partial charge in [-0.15, -0.1) is 0 Å². The minimum atomic E-state index is -1.13. The van der Waals surface area contributed by atoms with Gasteiger partial charge in [-0.3, -0.25) is 0 Å². The maximum atomic E-state index is 11.7. The molecule has 0 unspecified atom stereocenters. The van der Waals surface area contributed by atoms with Crippen LogP contribution < -0.4 is 28.4 Å². The van der Waals surface area contributed by atoms with Crippen molar-refractivity contribution in [1.82, 2.24) is 0 Å². The van der Waals surface area contributed by atoms with E-state index in [1.54, 1.807) is 24.3 Å². The molecule has 11 nitrogen and oxygen atoms in total. The highest BCUT2D eigenvalue weighted by Gasteiger charge is 2.36. The van der Waals surface area contributed by atoms with Crippen LogP contribution in [0.4, 0.5) is 0 Å². The molecule has 2 N–H and O–H groups in total. The normalized spacial score (nSPS) is 18.8. The molecule has 1 aliphatic carbocycles. The molecule has 38 heavy (non-hydrogen) atoms. The zero-order valence-corrected chi connectivity index (χ0v) is 22.3. The lowest BCUT2D eigenvalue weighted by Gasteiger charge is -2.33. The molecule has 0 amide bonds. The van der Waals surface area contributed by atoms with Crippen LogP contribution in [0.2, 0.25) is 0 Å². The van der Waals surface area contributed by atoms with Gasteiger partial charge in [0.25, 0.3) is 0 Å². The van der Waals surface area contributed by atoms with Gasteiger partial charge < -0.3 is 48.1 Å². The van der Waals surface area contributed by atoms with Crippen LogP contribution >= 0.6 is 0 Å². The summed E-state index contributed by atoms with van der Waals surface area (Å²) >= 11 is 0. The van der Waals surface area contributed by atoms with Crippen LogP contribution in [0.5, 0.6) is 34.5 Å². The van der Waals surface area contributed by atoms with Gasteiger partial charge in [0.2, 0.25) is 11.5 Å². The van der Waals surface area contributed by atoms with E-state index < -0.39 is 24.3 Å². The summed E-state index contributed by atoms with van der Waals surface area (Å²) in [6, 6.07) is 6.93. The van der Waals surface area contributed by atoms with Crippen LogP contribution in [0, 0.1) is 0 Å².